The van der Waals surface area contributed by atoms with Crippen molar-refractivity contribution in [1.29, 1.82) is 0 Å². The van der Waals surface area contributed by atoms with E-state index in [4.69, 9.17) is 11.6 Å². The summed E-state index contributed by atoms with van der Waals surface area (Å²) in [6.07, 6.45) is 1.13. The van der Waals surface area contributed by atoms with Gasteiger partial charge in [-0.25, -0.2) is 0 Å². The molecule has 1 radical (unpaired) electrons. The largest absolute Gasteiger partial charge is 0.392 e. The quantitative estimate of drug-likeness (QED) is 0.418. The van der Waals surface area contributed by atoms with Crippen molar-refractivity contribution in [2.24, 2.45) is 11.1 Å². The molecule has 2 heteroatoms. The van der Waals surface area contributed by atoms with Crippen molar-refractivity contribution >= 4 is 6.72 Å². The van der Waals surface area contributed by atoms with Gasteiger partial charge < -0.3 is 4.84 Å². The minimum absolute atomic E-state index is 0.176. The zero-order chi connectivity index (χ0) is 7.28. The van der Waals surface area contributed by atoms with Crippen LogP contribution in [0, 0.1) is 5.92 Å². The molecule has 0 aliphatic carbocycles. The van der Waals surface area contributed by atoms with E-state index in [-0.39, 0.29) is 6.10 Å². The van der Waals surface area contributed by atoms with Gasteiger partial charge in [-0.3, -0.25) is 0 Å². The van der Waals surface area contributed by atoms with E-state index in [2.05, 4.69) is 25.9 Å². The van der Waals surface area contributed by atoms with Crippen molar-refractivity contribution in [1.82, 2.24) is 0 Å². The van der Waals surface area contributed by atoms with Crippen LogP contribution in [0.2, 0.25) is 0 Å². The third-order valence-electron chi connectivity index (χ3n) is 1.34. The van der Waals surface area contributed by atoms with Gasteiger partial charge in [0.1, 0.15) is 6.10 Å². The Hall–Kier alpha value is -0.530. The highest BCUT2D eigenvalue weighted by molar-refractivity contribution is 5.21. The number of nitrogens with zero attached hydrogens (tertiary/aromatic N) is 1. The standard InChI is InChI=1S/C7H14NO/c1-5-7(6(2)3)9-8-4/h4,6-7H,5H2,1-3H3. The summed E-state index contributed by atoms with van der Waals surface area (Å²) in [7, 11) is 0. The van der Waals surface area contributed by atoms with Gasteiger partial charge in [0.25, 0.3) is 0 Å². The van der Waals surface area contributed by atoms with Gasteiger partial charge in [0.15, 0.2) is 0 Å². The Morgan fingerprint density at radius 3 is 2.22 bits per heavy atom. The number of hydrogen-bond acceptors (Lipinski definition) is 2. The summed E-state index contributed by atoms with van der Waals surface area (Å²) < 4.78 is 0. The first-order valence-electron chi connectivity index (χ1n) is 3.28. The van der Waals surface area contributed by atoms with Crippen LogP contribution in [0.1, 0.15) is 27.2 Å². The third-order valence-corrected chi connectivity index (χ3v) is 1.34. The Balaban J connectivity index is 3.53. The Bertz CT molecular complexity index is 81.0. The molecular formula is C7H14NO. The average Bonchev–Trinajstić information content (AvgIpc) is 1.82. The highest BCUT2D eigenvalue weighted by Gasteiger charge is 2.10. The summed E-state index contributed by atoms with van der Waals surface area (Å²) in [5.41, 5.74) is 0. The van der Waals surface area contributed by atoms with Crippen LogP contribution in [0.4, 0.5) is 0 Å². The highest BCUT2D eigenvalue weighted by atomic mass is 16.6. The van der Waals surface area contributed by atoms with Crippen molar-refractivity contribution in [3.8, 4) is 0 Å². The second kappa shape index (κ2) is 4.36. The highest BCUT2D eigenvalue weighted by Crippen LogP contribution is 2.09. The van der Waals surface area contributed by atoms with E-state index in [1.54, 1.807) is 0 Å². The lowest BCUT2D eigenvalue weighted by Gasteiger charge is -2.15. The lowest BCUT2D eigenvalue weighted by Crippen LogP contribution is -2.15. The molecule has 0 aliphatic rings. The Kier molecular flexibility index (Phi) is 4.10. The van der Waals surface area contributed by atoms with Crippen LogP contribution in [0.25, 0.3) is 0 Å². The molecule has 1 atom stereocenters. The van der Waals surface area contributed by atoms with Gasteiger partial charge in [-0.2, -0.15) is 0 Å². The molecule has 2 nitrogen and oxygen atoms in total. The maximum absolute atomic E-state index is 4.86. The summed E-state index contributed by atoms with van der Waals surface area (Å²) in [4.78, 5) is 4.86. The van der Waals surface area contributed by atoms with Crippen LogP contribution in [-0.4, -0.2) is 12.8 Å². The van der Waals surface area contributed by atoms with E-state index in [0.717, 1.165) is 6.42 Å². The summed E-state index contributed by atoms with van der Waals surface area (Å²) in [6, 6.07) is 0. The predicted octanol–water partition coefficient (Wildman–Crippen LogP) is 1.93. The summed E-state index contributed by atoms with van der Waals surface area (Å²) >= 11 is 0. The fourth-order valence-electron chi connectivity index (χ4n) is 0.746. The molecule has 0 amide bonds. The molecule has 1 unspecified atom stereocenters. The van der Waals surface area contributed by atoms with Gasteiger partial charge in [-0.05, 0) is 12.3 Å². The first-order chi connectivity index (χ1) is 4.22. The fourth-order valence-corrected chi connectivity index (χ4v) is 0.746. The molecule has 0 aromatic carbocycles. The molecule has 0 fully saturated rings. The van der Waals surface area contributed by atoms with Crippen molar-refractivity contribution in [2.75, 3.05) is 0 Å². The average molecular weight is 128 g/mol. The third kappa shape index (κ3) is 3.12. The van der Waals surface area contributed by atoms with Gasteiger partial charge in [0.05, 0.1) is 6.72 Å². The van der Waals surface area contributed by atoms with E-state index in [9.17, 15) is 0 Å². The summed E-state index contributed by atoms with van der Waals surface area (Å²) in [6.45, 7) is 11.1. The fraction of sp³-hybridized carbons (Fsp3) is 0.857. The summed E-state index contributed by atoms with van der Waals surface area (Å²) in [5.74, 6) is 0.488. The molecule has 0 aromatic heterocycles. The molecule has 0 bridgehead atoms. The molecule has 0 saturated heterocycles. The normalized spacial score (nSPS) is 13.3. The van der Waals surface area contributed by atoms with Crippen molar-refractivity contribution in [2.45, 2.75) is 33.3 Å². The minimum Gasteiger partial charge on any atom is -0.392 e. The lowest BCUT2D eigenvalue weighted by atomic mass is 10.1. The maximum Gasteiger partial charge on any atom is 0.129 e. The van der Waals surface area contributed by atoms with E-state index < -0.39 is 0 Å². The Labute approximate surface area is 56.9 Å². The molecule has 0 aromatic rings. The Morgan fingerprint density at radius 1 is 1.56 bits per heavy atom. The summed E-state index contributed by atoms with van der Waals surface area (Å²) in [5, 5.41) is 3.13. The molecule has 0 N–H and O–H groups in total. The Morgan fingerprint density at radius 2 is 2.11 bits per heavy atom. The van der Waals surface area contributed by atoms with Crippen molar-refractivity contribution < 1.29 is 4.84 Å². The first kappa shape index (κ1) is 8.47. The van der Waals surface area contributed by atoms with E-state index >= 15 is 0 Å². The minimum atomic E-state index is 0.176. The molecule has 9 heavy (non-hydrogen) atoms. The molecule has 0 heterocycles. The van der Waals surface area contributed by atoms with Crippen LogP contribution >= 0.6 is 0 Å². The molecule has 0 saturated carbocycles. The van der Waals surface area contributed by atoms with Crippen LogP contribution in [0.15, 0.2) is 5.16 Å². The molecule has 0 rings (SSSR count). The van der Waals surface area contributed by atoms with Crippen molar-refractivity contribution in [3.63, 3.8) is 0 Å². The lowest BCUT2D eigenvalue weighted by molar-refractivity contribution is 0.0260. The number of rotatable bonds is 4. The van der Waals surface area contributed by atoms with Gasteiger partial charge in [0.2, 0.25) is 0 Å². The topological polar surface area (TPSA) is 21.6 Å². The second-order valence-corrected chi connectivity index (χ2v) is 2.40. The van der Waals surface area contributed by atoms with Crippen LogP contribution in [-0.2, 0) is 4.84 Å². The predicted molar refractivity (Wildman–Crippen MR) is 38.5 cm³/mol. The van der Waals surface area contributed by atoms with Crippen LogP contribution in [0.5, 0.6) is 0 Å². The second-order valence-electron chi connectivity index (χ2n) is 2.40. The van der Waals surface area contributed by atoms with E-state index in [0.29, 0.717) is 5.92 Å². The van der Waals surface area contributed by atoms with Gasteiger partial charge in [0, 0.05) is 0 Å². The molecule has 0 aliphatic heterocycles. The van der Waals surface area contributed by atoms with Crippen LogP contribution < -0.4 is 0 Å². The maximum atomic E-state index is 4.86. The smallest absolute Gasteiger partial charge is 0.129 e. The van der Waals surface area contributed by atoms with E-state index in [1.807, 2.05) is 0 Å². The molecule has 53 valence electrons. The zero-order valence-electron chi connectivity index (χ0n) is 6.29. The van der Waals surface area contributed by atoms with Gasteiger partial charge >= 0.3 is 0 Å². The number of hydrogen-bond donors (Lipinski definition) is 0. The first-order valence-corrected chi connectivity index (χ1v) is 3.28. The van der Waals surface area contributed by atoms with Crippen molar-refractivity contribution in [3.05, 3.63) is 0 Å². The van der Waals surface area contributed by atoms with Crippen LogP contribution in [0.3, 0.4) is 0 Å². The van der Waals surface area contributed by atoms with Gasteiger partial charge in [-0.1, -0.05) is 25.9 Å². The monoisotopic (exact) mass is 128 g/mol. The molecule has 0 spiro atoms. The SMILES string of the molecule is [CH]=NOC(CC)C(C)C. The molecular weight excluding hydrogens is 114 g/mol. The van der Waals surface area contributed by atoms with Gasteiger partial charge in [-0.15, -0.1) is 0 Å². The van der Waals surface area contributed by atoms with E-state index in [1.165, 1.54) is 0 Å². The zero-order valence-corrected chi connectivity index (χ0v) is 6.29.